The summed E-state index contributed by atoms with van der Waals surface area (Å²) in [7, 11) is 1.98. The number of pyridine rings is 3. The predicted molar refractivity (Wildman–Crippen MR) is 113 cm³/mol. The summed E-state index contributed by atoms with van der Waals surface area (Å²) < 4.78 is 13.5. The van der Waals surface area contributed by atoms with E-state index in [1.807, 2.05) is 66.7 Å². The third kappa shape index (κ3) is 4.29. The molecule has 0 saturated heterocycles. The Morgan fingerprint density at radius 2 is 1.66 bits per heavy atom. The molecule has 4 aromatic rings. The Bertz CT molecular complexity index is 1050. The molecule has 0 saturated carbocycles. The lowest BCUT2D eigenvalue weighted by atomic mass is 9.89. The highest BCUT2D eigenvalue weighted by Gasteiger charge is 2.20. The largest absolute Gasteiger partial charge is 0.328 e. The van der Waals surface area contributed by atoms with E-state index in [9.17, 15) is 4.39 Å². The number of hydrogen-bond donors (Lipinski definition) is 0. The van der Waals surface area contributed by atoms with Crippen LogP contribution in [-0.4, -0.2) is 22.0 Å². The van der Waals surface area contributed by atoms with Crippen molar-refractivity contribution in [3.05, 3.63) is 114 Å². The molecule has 4 nitrogen and oxygen atoms in total. The summed E-state index contributed by atoms with van der Waals surface area (Å²) in [6.07, 6.45) is 7.84. The highest BCUT2D eigenvalue weighted by Crippen LogP contribution is 2.32. The summed E-state index contributed by atoms with van der Waals surface area (Å²) in [4.78, 5) is 15.4. The molecule has 0 bridgehead atoms. The molecule has 29 heavy (non-hydrogen) atoms. The van der Waals surface area contributed by atoms with Crippen molar-refractivity contribution in [3.8, 4) is 0 Å². The Kier molecular flexibility index (Phi) is 5.56. The van der Waals surface area contributed by atoms with Crippen molar-refractivity contribution in [1.29, 1.82) is 0 Å². The van der Waals surface area contributed by atoms with E-state index in [1.54, 1.807) is 18.6 Å². The Labute approximate surface area is 169 Å². The monoisotopic (exact) mass is 384 g/mol. The molecule has 0 N–H and O–H groups in total. The van der Waals surface area contributed by atoms with Crippen LogP contribution in [0.1, 0.15) is 22.7 Å². The van der Waals surface area contributed by atoms with Crippen LogP contribution in [0, 0.1) is 5.82 Å². The van der Waals surface area contributed by atoms with Gasteiger partial charge in [0, 0.05) is 37.3 Å². The molecule has 5 heteroatoms. The zero-order chi connectivity index (χ0) is 20.1. The third-order valence-electron chi connectivity index (χ3n) is 4.96. The second-order valence-electron chi connectivity index (χ2n) is 6.82. The van der Waals surface area contributed by atoms with Gasteiger partial charge in [-0.1, -0.05) is 24.3 Å². The molecule has 0 aliphatic rings. The van der Waals surface area contributed by atoms with E-state index in [2.05, 4.69) is 21.0 Å². The fourth-order valence-corrected chi connectivity index (χ4v) is 3.46. The Balaban J connectivity index is 1.73. The smallest absolute Gasteiger partial charge is 0.135 e. The fraction of sp³-hybridized carbons (Fsp3) is 0.125. The first-order valence-corrected chi connectivity index (χ1v) is 9.46. The number of benzene rings is 1. The number of halogens is 1. The first-order valence-electron chi connectivity index (χ1n) is 9.46. The maximum Gasteiger partial charge on any atom is 0.135 e. The van der Waals surface area contributed by atoms with Crippen LogP contribution in [0.2, 0.25) is 0 Å². The molecule has 4 rings (SSSR count). The Morgan fingerprint density at radius 1 is 0.862 bits per heavy atom. The molecule has 0 aliphatic heterocycles. The third-order valence-corrected chi connectivity index (χ3v) is 4.96. The van der Waals surface area contributed by atoms with Crippen molar-refractivity contribution in [2.75, 3.05) is 11.9 Å². The number of aromatic nitrogens is 3. The molecular formula is C24H21FN4. The zero-order valence-electron chi connectivity index (χ0n) is 16.1. The second kappa shape index (κ2) is 8.61. The maximum atomic E-state index is 13.5. The van der Waals surface area contributed by atoms with Crippen molar-refractivity contribution in [2.24, 2.45) is 0 Å². The molecular weight excluding hydrogens is 363 g/mol. The normalized spacial score (nSPS) is 11.8. The molecule has 3 heterocycles. The SMILES string of the molecule is CN(c1cccnc1)c1ncccc1CC(c1ccc(F)cc1)c1ccccn1. The topological polar surface area (TPSA) is 41.9 Å². The van der Waals surface area contributed by atoms with Crippen molar-refractivity contribution in [1.82, 2.24) is 15.0 Å². The van der Waals surface area contributed by atoms with Gasteiger partial charge in [0.05, 0.1) is 11.9 Å². The molecule has 1 aromatic carbocycles. The van der Waals surface area contributed by atoms with Gasteiger partial charge < -0.3 is 4.90 Å². The van der Waals surface area contributed by atoms with E-state index < -0.39 is 0 Å². The highest BCUT2D eigenvalue weighted by molar-refractivity contribution is 5.61. The van der Waals surface area contributed by atoms with Gasteiger partial charge in [-0.2, -0.15) is 0 Å². The van der Waals surface area contributed by atoms with E-state index in [1.165, 1.54) is 12.1 Å². The van der Waals surface area contributed by atoms with E-state index in [0.29, 0.717) is 6.42 Å². The van der Waals surface area contributed by atoms with Gasteiger partial charge in [-0.05, 0) is 60.0 Å². The first-order chi connectivity index (χ1) is 14.2. The molecule has 1 unspecified atom stereocenters. The summed E-state index contributed by atoms with van der Waals surface area (Å²) in [5.74, 6) is 0.609. The van der Waals surface area contributed by atoms with E-state index in [-0.39, 0.29) is 11.7 Å². The van der Waals surface area contributed by atoms with Crippen LogP contribution in [0.5, 0.6) is 0 Å². The lowest BCUT2D eigenvalue weighted by Crippen LogP contribution is -2.16. The van der Waals surface area contributed by atoms with Crippen LogP contribution in [0.4, 0.5) is 15.9 Å². The van der Waals surface area contributed by atoms with Crippen molar-refractivity contribution < 1.29 is 4.39 Å². The number of rotatable bonds is 6. The predicted octanol–water partition coefficient (Wildman–Crippen LogP) is 5.15. The van der Waals surface area contributed by atoms with Gasteiger partial charge in [0.1, 0.15) is 11.6 Å². The minimum absolute atomic E-state index is 0.0120. The minimum atomic E-state index is -0.244. The van der Waals surface area contributed by atoms with Crippen LogP contribution >= 0.6 is 0 Å². The van der Waals surface area contributed by atoms with Crippen LogP contribution in [0.25, 0.3) is 0 Å². The average Bonchev–Trinajstić information content (AvgIpc) is 2.79. The van der Waals surface area contributed by atoms with E-state index in [0.717, 1.165) is 28.3 Å². The molecule has 3 aromatic heterocycles. The summed E-state index contributed by atoms with van der Waals surface area (Å²) in [5.41, 5.74) is 4.00. The number of hydrogen-bond acceptors (Lipinski definition) is 4. The van der Waals surface area contributed by atoms with Gasteiger partial charge in [-0.15, -0.1) is 0 Å². The summed E-state index contributed by atoms with van der Waals surface area (Å²) in [6, 6.07) is 20.5. The van der Waals surface area contributed by atoms with E-state index >= 15 is 0 Å². The van der Waals surface area contributed by atoms with Gasteiger partial charge in [-0.3, -0.25) is 9.97 Å². The highest BCUT2D eigenvalue weighted by atomic mass is 19.1. The van der Waals surface area contributed by atoms with Gasteiger partial charge in [0.2, 0.25) is 0 Å². The quantitative estimate of drug-likeness (QED) is 0.461. The van der Waals surface area contributed by atoms with Gasteiger partial charge >= 0.3 is 0 Å². The fourth-order valence-electron chi connectivity index (χ4n) is 3.46. The average molecular weight is 384 g/mol. The summed E-state index contributed by atoms with van der Waals surface area (Å²) >= 11 is 0. The van der Waals surface area contributed by atoms with Crippen LogP contribution < -0.4 is 4.90 Å². The standard InChI is InChI=1S/C24H21FN4/c1-29(21-7-5-13-26-17-21)24-19(6-4-15-28-24)16-22(23-8-2-3-14-27-23)18-9-11-20(25)12-10-18/h2-15,17,22H,16H2,1H3. The van der Waals surface area contributed by atoms with Crippen molar-refractivity contribution >= 4 is 11.5 Å². The molecule has 0 aliphatic carbocycles. The van der Waals surface area contributed by atoms with Gasteiger partial charge in [0.25, 0.3) is 0 Å². The molecule has 0 fully saturated rings. The van der Waals surface area contributed by atoms with Gasteiger partial charge in [0.15, 0.2) is 0 Å². The summed E-state index contributed by atoms with van der Waals surface area (Å²) in [5, 5.41) is 0. The summed E-state index contributed by atoms with van der Waals surface area (Å²) in [6.45, 7) is 0. The van der Waals surface area contributed by atoms with Crippen LogP contribution in [0.3, 0.4) is 0 Å². The maximum absolute atomic E-state index is 13.5. The minimum Gasteiger partial charge on any atom is -0.328 e. The Morgan fingerprint density at radius 3 is 2.38 bits per heavy atom. The molecule has 144 valence electrons. The second-order valence-corrected chi connectivity index (χ2v) is 6.82. The molecule has 1 atom stereocenters. The molecule has 0 radical (unpaired) electrons. The lowest BCUT2D eigenvalue weighted by molar-refractivity contribution is 0.625. The van der Waals surface area contributed by atoms with Crippen LogP contribution in [0.15, 0.2) is 91.5 Å². The van der Waals surface area contributed by atoms with Crippen molar-refractivity contribution in [3.63, 3.8) is 0 Å². The molecule has 0 amide bonds. The van der Waals surface area contributed by atoms with Crippen LogP contribution in [-0.2, 0) is 6.42 Å². The van der Waals surface area contributed by atoms with Crippen molar-refractivity contribution in [2.45, 2.75) is 12.3 Å². The number of nitrogens with zero attached hydrogens (tertiary/aromatic N) is 4. The van der Waals surface area contributed by atoms with E-state index in [4.69, 9.17) is 0 Å². The number of anilines is 2. The lowest BCUT2D eigenvalue weighted by Gasteiger charge is -2.23. The Hall–Kier alpha value is -3.60. The zero-order valence-corrected chi connectivity index (χ0v) is 16.1. The van der Waals surface area contributed by atoms with Gasteiger partial charge in [-0.25, -0.2) is 9.37 Å². The first kappa shape index (κ1) is 18.7. The molecule has 0 spiro atoms.